The minimum atomic E-state index is -0.531. The number of rotatable bonds is 18. The van der Waals surface area contributed by atoms with Crippen LogP contribution in [0.5, 0.6) is 0 Å². The predicted molar refractivity (Wildman–Crippen MR) is 219 cm³/mol. The SMILES string of the molecule is C=CCN(C[C@H]1C[C@@H](c2ccc(CO)cc2)O[C@@H](c2ccc(-c3ccccc3CNC(=O)CCCCCC(=O)Nc3ccccc3N)cc2)O1)C1CCCC1. The van der Waals surface area contributed by atoms with Crippen LogP contribution in [0.25, 0.3) is 11.1 Å². The monoisotopic (exact) mass is 744 g/mol. The number of amides is 2. The van der Waals surface area contributed by atoms with Crippen LogP contribution in [0, 0.1) is 0 Å². The minimum Gasteiger partial charge on any atom is -0.397 e. The van der Waals surface area contributed by atoms with E-state index < -0.39 is 6.29 Å². The van der Waals surface area contributed by atoms with Gasteiger partial charge in [-0.2, -0.15) is 0 Å². The number of carbonyl (C=O) groups is 2. The van der Waals surface area contributed by atoms with Crippen LogP contribution in [-0.4, -0.2) is 47.1 Å². The molecule has 1 aliphatic heterocycles. The molecule has 1 saturated heterocycles. The Morgan fingerprint density at radius 3 is 2.25 bits per heavy atom. The molecule has 6 rings (SSSR count). The van der Waals surface area contributed by atoms with Gasteiger partial charge in [-0.25, -0.2) is 0 Å². The Morgan fingerprint density at radius 2 is 1.53 bits per heavy atom. The Hall–Kier alpha value is -4.80. The van der Waals surface area contributed by atoms with Crippen LogP contribution >= 0.6 is 0 Å². The van der Waals surface area contributed by atoms with E-state index in [1.54, 1.807) is 12.1 Å². The molecule has 4 aromatic rings. The molecular formula is C46H56N4O5. The molecule has 1 saturated carbocycles. The van der Waals surface area contributed by atoms with Crippen molar-refractivity contribution in [3.05, 3.63) is 132 Å². The first-order chi connectivity index (χ1) is 26.9. The lowest BCUT2D eigenvalue weighted by Gasteiger charge is -2.39. The number of hydrogen-bond acceptors (Lipinski definition) is 7. The lowest BCUT2D eigenvalue weighted by molar-refractivity contribution is -0.253. The summed E-state index contributed by atoms with van der Waals surface area (Å²) in [4.78, 5) is 27.6. The molecule has 3 atom stereocenters. The summed E-state index contributed by atoms with van der Waals surface area (Å²) in [6, 6.07) is 32.3. The molecule has 1 heterocycles. The molecule has 0 bridgehead atoms. The molecule has 55 heavy (non-hydrogen) atoms. The fraction of sp³-hybridized carbons (Fsp3) is 0.391. The quantitative estimate of drug-likeness (QED) is 0.0457. The molecule has 2 aliphatic rings. The summed E-state index contributed by atoms with van der Waals surface area (Å²) in [6.45, 7) is 6.13. The van der Waals surface area contributed by atoms with E-state index in [4.69, 9.17) is 15.2 Å². The molecule has 290 valence electrons. The topological polar surface area (TPSA) is 126 Å². The van der Waals surface area contributed by atoms with Gasteiger partial charge in [0.1, 0.15) is 0 Å². The zero-order valence-corrected chi connectivity index (χ0v) is 31.8. The van der Waals surface area contributed by atoms with E-state index in [0.29, 0.717) is 49.6 Å². The highest BCUT2D eigenvalue weighted by atomic mass is 16.7. The van der Waals surface area contributed by atoms with Gasteiger partial charge in [0.25, 0.3) is 0 Å². The van der Waals surface area contributed by atoms with Gasteiger partial charge in [0, 0.05) is 50.5 Å². The van der Waals surface area contributed by atoms with Crippen molar-refractivity contribution in [2.75, 3.05) is 24.1 Å². The first-order valence-corrected chi connectivity index (χ1v) is 19.8. The van der Waals surface area contributed by atoms with Gasteiger partial charge in [-0.3, -0.25) is 14.5 Å². The van der Waals surface area contributed by atoms with Gasteiger partial charge in [-0.15, -0.1) is 6.58 Å². The smallest absolute Gasteiger partial charge is 0.224 e. The van der Waals surface area contributed by atoms with Crippen LogP contribution in [0.15, 0.2) is 110 Å². The summed E-state index contributed by atoms with van der Waals surface area (Å²) < 4.78 is 13.4. The van der Waals surface area contributed by atoms with Crippen LogP contribution in [0.1, 0.15) is 98.9 Å². The van der Waals surface area contributed by atoms with Crippen molar-refractivity contribution >= 4 is 23.2 Å². The van der Waals surface area contributed by atoms with Crippen LogP contribution in [-0.2, 0) is 32.2 Å². The minimum absolute atomic E-state index is 0.00652. The van der Waals surface area contributed by atoms with E-state index in [2.05, 4.69) is 64.6 Å². The molecule has 9 nitrogen and oxygen atoms in total. The van der Waals surface area contributed by atoms with Gasteiger partial charge < -0.3 is 30.9 Å². The zero-order valence-electron chi connectivity index (χ0n) is 31.8. The summed E-state index contributed by atoms with van der Waals surface area (Å²) in [5.74, 6) is -0.0811. The second-order valence-electron chi connectivity index (χ2n) is 14.8. The number of aliphatic hydroxyl groups excluding tert-OH is 1. The summed E-state index contributed by atoms with van der Waals surface area (Å²) >= 11 is 0. The largest absolute Gasteiger partial charge is 0.397 e. The Balaban J connectivity index is 1.04. The molecular weight excluding hydrogens is 689 g/mol. The Kier molecular flexibility index (Phi) is 14.7. The second kappa shape index (κ2) is 20.2. The maximum absolute atomic E-state index is 12.8. The summed E-state index contributed by atoms with van der Waals surface area (Å²) in [5, 5.41) is 15.5. The van der Waals surface area contributed by atoms with Crippen molar-refractivity contribution in [1.29, 1.82) is 0 Å². The van der Waals surface area contributed by atoms with Gasteiger partial charge in [0.2, 0.25) is 11.8 Å². The average molecular weight is 745 g/mol. The molecule has 1 aliphatic carbocycles. The Labute approximate surface area is 325 Å². The highest BCUT2D eigenvalue weighted by molar-refractivity contribution is 5.93. The van der Waals surface area contributed by atoms with E-state index in [9.17, 15) is 14.7 Å². The molecule has 0 spiro atoms. The number of unbranched alkanes of at least 4 members (excludes halogenated alkanes) is 2. The molecule has 5 N–H and O–H groups in total. The fourth-order valence-corrected chi connectivity index (χ4v) is 7.73. The third kappa shape index (κ3) is 11.4. The number of ether oxygens (including phenoxy) is 2. The Bertz CT molecular complexity index is 1840. The van der Waals surface area contributed by atoms with Crippen LogP contribution in [0.4, 0.5) is 11.4 Å². The van der Waals surface area contributed by atoms with Gasteiger partial charge >= 0.3 is 0 Å². The summed E-state index contributed by atoms with van der Waals surface area (Å²) in [5.41, 5.74) is 13.1. The highest BCUT2D eigenvalue weighted by Gasteiger charge is 2.34. The highest BCUT2D eigenvalue weighted by Crippen LogP contribution is 2.39. The van der Waals surface area contributed by atoms with E-state index in [-0.39, 0.29) is 30.6 Å². The number of benzene rings is 4. The zero-order chi connectivity index (χ0) is 38.4. The molecule has 2 amide bonds. The number of nitrogens with one attached hydrogen (secondary N) is 2. The van der Waals surface area contributed by atoms with Crippen LogP contribution in [0.3, 0.4) is 0 Å². The summed E-state index contributed by atoms with van der Waals surface area (Å²) in [6.07, 6.45) is 10.0. The van der Waals surface area contributed by atoms with Gasteiger partial charge in [0.05, 0.1) is 30.2 Å². The maximum atomic E-state index is 12.8. The molecule has 9 heteroatoms. The van der Waals surface area contributed by atoms with Crippen molar-refractivity contribution in [3.8, 4) is 11.1 Å². The standard InChI is InChI=1S/C46H56N4O5/c1-2-28-50(38-13-7-8-14-38)31-39-29-43(35-22-20-33(32-51)21-23-35)55-46(54-39)36-26-24-34(25-27-36)40-15-9-6-12-37(40)30-48-44(52)18-4-3-5-19-45(53)49-42-17-11-10-16-41(42)47/h2,6,9-12,15-17,20-27,38-39,43,46,51H,1,3-5,7-8,13-14,18-19,28-32,47H2,(H,48,52)(H,49,53)/t39-,43+,46+/m1/s1. The van der Waals surface area contributed by atoms with Gasteiger partial charge in [-0.1, -0.05) is 110 Å². The number of aliphatic hydroxyl groups is 1. The Morgan fingerprint density at radius 1 is 0.836 bits per heavy atom. The number of nitrogens with zero attached hydrogens (tertiary/aromatic N) is 1. The predicted octanol–water partition coefficient (Wildman–Crippen LogP) is 8.61. The van der Waals surface area contributed by atoms with E-state index >= 15 is 0 Å². The number of para-hydroxylation sites is 2. The van der Waals surface area contributed by atoms with Crippen molar-refractivity contribution < 1.29 is 24.2 Å². The third-order valence-electron chi connectivity index (χ3n) is 10.8. The lowest BCUT2D eigenvalue weighted by atomic mass is 9.97. The molecule has 0 radical (unpaired) electrons. The fourth-order valence-electron chi connectivity index (χ4n) is 7.73. The molecule has 0 aromatic heterocycles. The van der Waals surface area contributed by atoms with E-state index in [0.717, 1.165) is 59.3 Å². The van der Waals surface area contributed by atoms with Crippen LogP contribution < -0.4 is 16.4 Å². The average Bonchev–Trinajstić information content (AvgIpc) is 3.76. The third-order valence-corrected chi connectivity index (χ3v) is 10.8. The number of hydrogen-bond donors (Lipinski definition) is 4. The van der Waals surface area contributed by atoms with Gasteiger partial charge in [0.15, 0.2) is 6.29 Å². The molecule has 2 fully saturated rings. The van der Waals surface area contributed by atoms with Crippen molar-refractivity contribution in [3.63, 3.8) is 0 Å². The lowest BCUT2D eigenvalue weighted by Crippen LogP contribution is -2.43. The van der Waals surface area contributed by atoms with E-state index in [1.807, 2.05) is 48.5 Å². The maximum Gasteiger partial charge on any atom is 0.224 e. The van der Waals surface area contributed by atoms with Crippen molar-refractivity contribution in [1.82, 2.24) is 10.2 Å². The van der Waals surface area contributed by atoms with Crippen LogP contribution in [0.2, 0.25) is 0 Å². The van der Waals surface area contributed by atoms with E-state index in [1.165, 1.54) is 25.7 Å². The number of anilines is 2. The molecule has 4 aromatic carbocycles. The van der Waals surface area contributed by atoms with Gasteiger partial charge in [-0.05, 0) is 65.6 Å². The first-order valence-electron chi connectivity index (χ1n) is 19.8. The van der Waals surface area contributed by atoms with Crippen molar-refractivity contribution in [2.24, 2.45) is 0 Å². The number of nitrogen functional groups attached to an aromatic ring is 1. The molecule has 0 unspecified atom stereocenters. The van der Waals surface area contributed by atoms with Crippen molar-refractivity contribution in [2.45, 2.75) is 102 Å². The second-order valence-corrected chi connectivity index (χ2v) is 14.8. The first kappa shape index (κ1) is 39.9. The number of carbonyl (C=O) groups excluding carboxylic acids is 2. The number of nitrogens with two attached hydrogens (primary N) is 1. The normalized spacial score (nSPS) is 18.6. The summed E-state index contributed by atoms with van der Waals surface area (Å²) in [7, 11) is 0.